The van der Waals surface area contributed by atoms with Crippen LogP contribution in [-0.2, 0) is 0 Å². The molecule has 17 heavy (non-hydrogen) atoms. The Morgan fingerprint density at radius 3 is 2.65 bits per heavy atom. The van der Waals surface area contributed by atoms with Crippen LogP contribution in [0.2, 0.25) is 0 Å². The number of benzene rings is 1. The molecule has 0 heterocycles. The molecule has 0 spiro atoms. The highest BCUT2D eigenvalue weighted by Gasteiger charge is 2.07. The monoisotopic (exact) mass is 230 g/mol. The molecule has 2 heteroatoms. The molecule has 0 saturated carbocycles. The molecule has 0 aliphatic rings. The van der Waals surface area contributed by atoms with Gasteiger partial charge in [-0.05, 0) is 25.0 Å². The molecule has 2 nitrogen and oxygen atoms in total. The minimum atomic E-state index is -0.0621. The van der Waals surface area contributed by atoms with Crippen molar-refractivity contribution in [2.75, 3.05) is 5.32 Å². The summed E-state index contributed by atoms with van der Waals surface area (Å²) in [5.74, 6) is 0. The molecule has 1 atom stereocenters. The number of hydrogen-bond acceptors (Lipinski definition) is 2. The topological polar surface area (TPSA) is 35.8 Å². The Morgan fingerprint density at radius 1 is 1.24 bits per heavy atom. The van der Waals surface area contributed by atoms with Gasteiger partial charge in [0.05, 0.1) is 6.07 Å². The Labute approximate surface area is 105 Å². The molecule has 1 N–H and O–H groups in total. The van der Waals surface area contributed by atoms with E-state index in [1.165, 1.54) is 24.8 Å². The zero-order valence-corrected chi connectivity index (χ0v) is 10.9. The fourth-order valence-corrected chi connectivity index (χ4v) is 1.87. The van der Waals surface area contributed by atoms with Crippen molar-refractivity contribution in [3.8, 4) is 6.07 Å². The first-order valence-electron chi connectivity index (χ1n) is 6.49. The number of rotatable bonds is 7. The maximum absolute atomic E-state index is 9.12. The van der Waals surface area contributed by atoms with Gasteiger partial charge in [0.2, 0.25) is 0 Å². The number of hydrogen-bond donors (Lipinski definition) is 1. The summed E-state index contributed by atoms with van der Waals surface area (Å²) in [6.07, 6.45) is 5.80. The largest absolute Gasteiger partial charge is 0.370 e. The van der Waals surface area contributed by atoms with E-state index in [1.807, 2.05) is 18.2 Å². The van der Waals surface area contributed by atoms with Crippen LogP contribution in [0.4, 0.5) is 5.69 Å². The number of nitrogens with zero attached hydrogens (tertiary/aromatic N) is 1. The first kappa shape index (κ1) is 13.6. The SMILES string of the molecule is CCCCCCC(C#N)Nc1ccccc1C. The summed E-state index contributed by atoms with van der Waals surface area (Å²) < 4.78 is 0. The van der Waals surface area contributed by atoms with Crippen LogP contribution in [-0.4, -0.2) is 6.04 Å². The number of unbranched alkanes of at least 4 members (excludes halogenated alkanes) is 3. The van der Waals surface area contributed by atoms with Gasteiger partial charge < -0.3 is 5.32 Å². The van der Waals surface area contributed by atoms with E-state index >= 15 is 0 Å². The summed E-state index contributed by atoms with van der Waals surface area (Å²) in [5.41, 5.74) is 2.27. The van der Waals surface area contributed by atoms with Gasteiger partial charge in [-0.25, -0.2) is 0 Å². The maximum atomic E-state index is 9.12. The highest BCUT2D eigenvalue weighted by atomic mass is 14.9. The summed E-state index contributed by atoms with van der Waals surface area (Å²) in [5, 5.41) is 12.4. The van der Waals surface area contributed by atoms with Crippen LogP contribution in [0.3, 0.4) is 0 Å². The van der Waals surface area contributed by atoms with Crippen molar-refractivity contribution in [1.82, 2.24) is 0 Å². The number of para-hydroxylation sites is 1. The van der Waals surface area contributed by atoms with Crippen LogP contribution in [0, 0.1) is 18.3 Å². The molecule has 0 radical (unpaired) electrons. The molecule has 0 bridgehead atoms. The summed E-state index contributed by atoms with van der Waals surface area (Å²) in [6.45, 7) is 4.27. The smallest absolute Gasteiger partial charge is 0.114 e. The van der Waals surface area contributed by atoms with E-state index in [4.69, 9.17) is 5.26 Å². The average Bonchev–Trinajstić information content (AvgIpc) is 2.35. The van der Waals surface area contributed by atoms with E-state index in [2.05, 4.69) is 31.3 Å². The number of anilines is 1. The third kappa shape index (κ3) is 4.91. The van der Waals surface area contributed by atoms with E-state index in [9.17, 15) is 0 Å². The first-order valence-corrected chi connectivity index (χ1v) is 6.49. The highest BCUT2D eigenvalue weighted by Crippen LogP contribution is 2.16. The van der Waals surface area contributed by atoms with E-state index < -0.39 is 0 Å². The molecule has 1 unspecified atom stereocenters. The van der Waals surface area contributed by atoms with Gasteiger partial charge in [-0.2, -0.15) is 5.26 Å². The van der Waals surface area contributed by atoms with E-state index in [-0.39, 0.29) is 6.04 Å². The van der Waals surface area contributed by atoms with Gasteiger partial charge in [0.15, 0.2) is 0 Å². The minimum Gasteiger partial charge on any atom is -0.370 e. The highest BCUT2D eigenvalue weighted by molar-refractivity contribution is 5.51. The van der Waals surface area contributed by atoms with Crippen molar-refractivity contribution in [1.29, 1.82) is 5.26 Å². The Morgan fingerprint density at radius 2 is 2.00 bits per heavy atom. The quantitative estimate of drug-likeness (QED) is 0.710. The van der Waals surface area contributed by atoms with Crippen LogP contribution in [0.15, 0.2) is 24.3 Å². The van der Waals surface area contributed by atoms with Crippen LogP contribution >= 0.6 is 0 Å². The zero-order valence-electron chi connectivity index (χ0n) is 10.9. The molecule has 0 aliphatic heterocycles. The Balaban J connectivity index is 2.42. The first-order chi connectivity index (χ1) is 8.27. The second-order valence-electron chi connectivity index (χ2n) is 4.49. The molecule has 92 valence electrons. The van der Waals surface area contributed by atoms with E-state index in [1.54, 1.807) is 0 Å². The zero-order chi connectivity index (χ0) is 12.5. The van der Waals surface area contributed by atoms with Crippen LogP contribution in [0.5, 0.6) is 0 Å². The lowest BCUT2D eigenvalue weighted by Gasteiger charge is -2.14. The Bertz CT molecular complexity index is 365. The fraction of sp³-hybridized carbons (Fsp3) is 0.533. The number of nitriles is 1. The van der Waals surface area contributed by atoms with Crippen molar-refractivity contribution in [2.45, 2.75) is 52.0 Å². The number of nitrogens with one attached hydrogen (secondary N) is 1. The molecular weight excluding hydrogens is 208 g/mol. The van der Waals surface area contributed by atoms with Crippen molar-refractivity contribution >= 4 is 5.69 Å². The molecule has 0 aromatic heterocycles. The summed E-state index contributed by atoms with van der Waals surface area (Å²) in [4.78, 5) is 0. The third-order valence-corrected chi connectivity index (χ3v) is 2.98. The van der Waals surface area contributed by atoms with Crippen molar-refractivity contribution in [3.63, 3.8) is 0 Å². The third-order valence-electron chi connectivity index (χ3n) is 2.98. The van der Waals surface area contributed by atoms with Crippen molar-refractivity contribution in [3.05, 3.63) is 29.8 Å². The van der Waals surface area contributed by atoms with Gasteiger partial charge >= 0.3 is 0 Å². The summed E-state index contributed by atoms with van der Waals surface area (Å²) >= 11 is 0. The second-order valence-corrected chi connectivity index (χ2v) is 4.49. The average molecular weight is 230 g/mol. The Kier molecular flexibility index (Phi) is 6.17. The number of aryl methyl sites for hydroxylation is 1. The van der Waals surface area contributed by atoms with Gasteiger partial charge in [-0.1, -0.05) is 50.8 Å². The lowest BCUT2D eigenvalue weighted by molar-refractivity contribution is 0.618. The molecule has 1 aromatic carbocycles. The molecule has 0 aliphatic carbocycles. The molecule has 0 fully saturated rings. The van der Waals surface area contributed by atoms with Gasteiger partial charge in [-0.3, -0.25) is 0 Å². The van der Waals surface area contributed by atoms with E-state index in [0.717, 1.165) is 18.5 Å². The van der Waals surface area contributed by atoms with Crippen molar-refractivity contribution < 1.29 is 0 Å². The standard InChI is InChI=1S/C15H22N2/c1-3-4-5-6-10-14(12-16)17-15-11-8-7-9-13(15)2/h7-9,11,14,17H,3-6,10H2,1-2H3. The van der Waals surface area contributed by atoms with Crippen LogP contribution in [0.1, 0.15) is 44.6 Å². The predicted molar refractivity (Wildman–Crippen MR) is 73.0 cm³/mol. The second kappa shape index (κ2) is 7.73. The lowest BCUT2D eigenvalue weighted by atomic mass is 10.1. The van der Waals surface area contributed by atoms with Gasteiger partial charge in [0, 0.05) is 5.69 Å². The summed E-state index contributed by atoms with van der Waals surface area (Å²) in [7, 11) is 0. The Hall–Kier alpha value is -1.49. The predicted octanol–water partition coefficient (Wildman–Crippen LogP) is 4.27. The van der Waals surface area contributed by atoms with Crippen LogP contribution < -0.4 is 5.32 Å². The molecule has 0 amide bonds. The van der Waals surface area contributed by atoms with Gasteiger partial charge in [-0.15, -0.1) is 0 Å². The summed E-state index contributed by atoms with van der Waals surface area (Å²) in [6, 6.07) is 10.4. The lowest BCUT2D eigenvalue weighted by Crippen LogP contribution is -2.17. The maximum Gasteiger partial charge on any atom is 0.114 e. The van der Waals surface area contributed by atoms with E-state index in [0.29, 0.717) is 0 Å². The fourth-order valence-electron chi connectivity index (χ4n) is 1.87. The normalized spacial score (nSPS) is 11.8. The van der Waals surface area contributed by atoms with Gasteiger partial charge in [0.1, 0.15) is 6.04 Å². The molecule has 1 rings (SSSR count). The van der Waals surface area contributed by atoms with Gasteiger partial charge in [0.25, 0.3) is 0 Å². The molecule has 1 aromatic rings. The molecular formula is C15H22N2. The van der Waals surface area contributed by atoms with Crippen LogP contribution in [0.25, 0.3) is 0 Å². The minimum absolute atomic E-state index is 0.0621. The molecule has 0 saturated heterocycles. The van der Waals surface area contributed by atoms with Crippen molar-refractivity contribution in [2.24, 2.45) is 0 Å².